The molecule has 0 radical (unpaired) electrons. The SMILES string of the molecule is N#Cc1c(F)cccc1Sc1ccccc1N. The molecule has 0 heterocycles. The third kappa shape index (κ3) is 2.40. The van der Waals surface area contributed by atoms with Crippen molar-refractivity contribution in [3.05, 3.63) is 53.8 Å². The molecule has 0 aromatic heterocycles. The predicted octanol–water partition coefficient (Wildman–Crippen LogP) is 3.43. The highest BCUT2D eigenvalue weighted by Crippen LogP contribution is 2.34. The molecule has 2 aromatic rings. The highest BCUT2D eigenvalue weighted by molar-refractivity contribution is 7.99. The van der Waals surface area contributed by atoms with Crippen molar-refractivity contribution in [1.82, 2.24) is 0 Å². The number of rotatable bonds is 2. The van der Waals surface area contributed by atoms with Crippen molar-refractivity contribution in [2.24, 2.45) is 0 Å². The van der Waals surface area contributed by atoms with Crippen molar-refractivity contribution in [3.8, 4) is 6.07 Å². The lowest BCUT2D eigenvalue weighted by atomic mass is 10.2. The lowest BCUT2D eigenvalue weighted by Crippen LogP contribution is -1.90. The lowest BCUT2D eigenvalue weighted by molar-refractivity contribution is 0.620. The summed E-state index contributed by atoms with van der Waals surface area (Å²) < 4.78 is 13.4. The molecule has 0 saturated carbocycles. The van der Waals surface area contributed by atoms with Gasteiger partial charge in [0, 0.05) is 15.5 Å². The van der Waals surface area contributed by atoms with Crippen LogP contribution in [0.1, 0.15) is 5.56 Å². The summed E-state index contributed by atoms with van der Waals surface area (Å²) in [5.41, 5.74) is 6.47. The summed E-state index contributed by atoms with van der Waals surface area (Å²) in [4.78, 5) is 1.39. The van der Waals surface area contributed by atoms with Gasteiger partial charge in [0.2, 0.25) is 0 Å². The average molecular weight is 244 g/mol. The normalized spacial score (nSPS) is 9.88. The summed E-state index contributed by atoms with van der Waals surface area (Å²) in [6.07, 6.45) is 0. The van der Waals surface area contributed by atoms with Crippen molar-refractivity contribution in [2.75, 3.05) is 5.73 Å². The van der Waals surface area contributed by atoms with Gasteiger partial charge in [0.15, 0.2) is 0 Å². The third-order valence-electron chi connectivity index (χ3n) is 2.23. The van der Waals surface area contributed by atoms with Gasteiger partial charge in [-0.25, -0.2) is 4.39 Å². The van der Waals surface area contributed by atoms with E-state index in [4.69, 9.17) is 11.0 Å². The van der Waals surface area contributed by atoms with Crippen LogP contribution >= 0.6 is 11.8 Å². The Balaban J connectivity index is 2.41. The molecule has 2 rings (SSSR count). The standard InChI is InChI=1S/C13H9FN2S/c14-10-4-3-7-12(9(10)8-15)17-13-6-2-1-5-11(13)16/h1-7H,16H2. The Kier molecular flexibility index (Phi) is 3.31. The summed E-state index contributed by atoms with van der Waals surface area (Å²) in [7, 11) is 0. The van der Waals surface area contributed by atoms with Crippen molar-refractivity contribution in [2.45, 2.75) is 9.79 Å². The minimum Gasteiger partial charge on any atom is -0.398 e. The molecule has 0 saturated heterocycles. The molecule has 4 heteroatoms. The summed E-state index contributed by atoms with van der Waals surface area (Å²) in [5.74, 6) is -0.507. The molecule has 84 valence electrons. The van der Waals surface area contributed by atoms with E-state index in [-0.39, 0.29) is 5.56 Å². The summed E-state index contributed by atoms with van der Waals surface area (Å²) in [6.45, 7) is 0. The summed E-state index contributed by atoms with van der Waals surface area (Å²) in [6, 6.07) is 13.7. The van der Waals surface area contributed by atoms with Gasteiger partial charge < -0.3 is 5.73 Å². The fraction of sp³-hybridized carbons (Fsp3) is 0. The monoisotopic (exact) mass is 244 g/mol. The Morgan fingerprint density at radius 1 is 1.06 bits per heavy atom. The van der Waals surface area contributed by atoms with Crippen molar-refractivity contribution in [1.29, 1.82) is 5.26 Å². The molecule has 0 fully saturated rings. The molecule has 0 bridgehead atoms. The number of anilines is 1. The van der Waals surface area contributed by atoms with Crippen molar-refractivity contribution < 1.29 is 4.39 Å². The number of hydrogen-bond acceptors (Lipinski definition) is 3. The largest absolute Gasteiger partial charge is 0.398 e. The molecule has 0 spiro atoms. The topological polar surface area (TPSA) is 49.8 Å². The van der Waals surface area contributed by atoms with E-state index in [9.17, 15) is 4.39 Å². The Morgan fingerprint density at radius 3 is 2.47 bits per heavy atom. The van der Waals surface area contributed by atoms with Gasteiger partial charge in [0.05, 0.1) is 0 Å². The Morgan fingerprint density at radius 2 is 1.76 bits per heavy atom. The minimum atomic E-state index is -0.507. The molecule has 0 aliphatic carbocycles. The molecule has 2 nitrogen and oxygen atoms in total. The van der Waals surface area contributed by atoms with Crippen molar-refractivity contribution in [3.63, 3.8) is 0 Å². The second-order valence-electron chi connectivity index (χ2n) is 3.36. The van der Waals surface area contributed by atoms with Gasteiger partial charge in [-0.15, -0.1) is 0 Å². The second-order valence-corrected chi connectivity index (χ2v) is 4.45. The van der Waals surface area contributed by atoms with E-state index >= 15 is 0 Å². The molecular formula is C13H9FN2S. The summed E-state index contributed by atoms with van der Waals surface area (Å²) in [5, 5.41) is 8.91. The number of para-hydroxylation sites is 1. The van der Waals surface area contributed by atoms with Gasteiger partial charge in [0.25, 0.3) is 0 Å². The van der Waals surface area contributed by atoms with E-state index in [0.717, 1.165) is 4.90 Å². The van der Waals surface area contributed by atoms with Crippen LogP contribution in [0.2, 0.25) is 0 Å². The zero-order valence-corrected chi connectivity index (χ0v) is 9.67. The molecule has 0 amide bonds. The van der Waals surface area contributed by atoms with Gasteiger partial charge in [-0.1, -0.05) is 30.0 Å². The van der Waals surface area contributed by atoms with E-state index in [1.807, 2.05) is 24.3 Å². The van der Waals surface area contributed by atoms with Crippen LogP contribution in [0.5, 0.6) is 0 Å². The zero-order valence-electron chi connectivity index (χ0n) is 8.85. The second kappa shape index (κ2) is 4.89. The lowest BCUT2D eigenvalue weighted by Gasteiger charge is -2.06. The van der Waals surface area contributed by atoms with E-state index in [1.165, 1.54) is 17.8 Å². The predicted molar refractivity (Wildman–Crippen MR) is 66.1 cm³/mol. The molecule has 0 aliphatic rings. The fourth-order valence-electron chi connectivity index (χ4n) is 1.39. The maximum Gasteiger partial charge on any atom is 0.142 e. The smallest absolute Gasteiger partial charge is 0.142 e. The van der Waals surface area contributed by atoms with Crippen LogP contribution in [0.4, 0.5) is 10.1 Å². The zero-order chi connectivity index (χ0) is 12.3. The van der Waals surface area contributed by atoms with Gasteiger partial charge >= 0.3 is 0 Å². The first kappa shape index (κ1) is 11.5. The maximum absolute atomic E-state index is 13.4. The van der Waals surface area contributed by atoms with Crippen LogP contribution in [-0.2, 0) is 0 Å². The van der Waals surface area contributed by atoms with Crippen LogP contribution < -0.4 is 5.73 Å². The van der Waals surface area contributed by atoms with E-state index in [2.05, 4.69) is 0 Å². The van der Waals surface area contributed by atoms with Crippen molar-refractivity contribution >= 4 is 17.4 Å². The van der Waals surface area contributed by atoms with E-state index < -0.39 is 5.82 Å². The van der Waals surface area contributed by atoms with Gasteiger partial charge in [0.1, 0.15) is 17.4 Å². The first-order chi connectivity index (χ1) is 8.22. The van der Waals surface area contributed by atoms with Gasteiger partial charge in [-0.05, 0) is 24.3 Å². The number of nitrogen functional groups attached to an aromatic ring is 1. The maximum atomic E-state index is 13.4. The summed E-state index contributed by atoms with van der Waals surface area (Å²) >= 11 is 1.29. The molecular weight excluding hydrogens is 235 g/mol. The number of nitriles is 1. The molecule has 2 N–H and O–H groups in total. The van der Waals surface area contributed by atoms with Crippen LogP contribution in [0.3, 0.4) is 0 Å². The van der Waals surface area contributed by atoms with Gasteiger partial charge in [-0.3, -0.25) is 0 Å². The molecule has 0 atom stereocenters. The Hall–Kier alpha value is -1.99. The quantitative estimate of drug-likeness (QED) is 0.823. The number of nitrogens with zero attached hydrogens (tertiary/aromatic N) is 1. The van der Waals surface area contributed by atoms with Crippen LogP contribution in [0, 0.1) is 17.1 Å². The number of halogens is 1. The number of benzene rings is 2. The average Bonchev–Trinajstić information content (AvgIpc) is 2.32. The first-order valence-corrected chi connectivity index (χ1v) is 5.75. The van der Waals surface area contributed by atoms with Crippen LogP contribution in [0.25, 0.3) is 0 Å². The van der Waals surface area contributed by atoms with Crippen LogP contribution in [0.15, 0.2) is 52.3 Å². The first-order valence-electron chi connectivity index (χ1n) is 4.93. The number of hydrogen-bond donors (Lipinski definition) is 1. The fourth-order valence-corrected chi connectivity index (χ4v) is 2.35. The number of nitrogens with two attached hydrogens (primary N) is 1. The van der Waals surface area contributed by atoms with E-state index in [1.54, 1.807) is 18.2 Å². The Labute approximate surface area is 103 Å². The molecule has 2 aromatic carbocycles. The molecule has 17 heavy (non-hydrogen) atoms. The molecule has 0 unspecified atom stereocenters. The highest BCUT2D eigenvalue weighted by Gasteiger charge is 2.10. The minimum absolute atomic E-state index is 0.0563. The van der Waals surface area contributed by atoms with E-state index in [0.29, 0.717) is 10.6 Å². The third-order valence-corrected chi connectivity index (χ3v) is 3.38. The molecule has 0 aliphatic heterocycles. The van der Waals surface area contributed by atoms with Crippen LogP contribution in [-0.4, -0.2) is 0 Å². The Bertz CT molecular complexity index is 590. The van der Waals surface area contributed by atoms with Gasteiger partial charge in [-0.2, -0.15) is 5.26 Å². The highest BCUT2D eigenvalue weighted by atomic mass is 32.2.